The summed E-state index contributed by atoms with van der Waals surface area (Å²) in [4.78, 5) is 41.9. The molecular formula is C27H45N3O4. The molecule has 192 valence electrons. The standard InChI is InChI=1S/C27H45N3O4/c1-12-19(5)30(24(32)21(17(2)3)28-25(33)34-27(9,10)11)22(23(31)29-26(6,7)8)20-16-14-13-15-18(20)4/h13-17,19,21-22H,12H2,1-11H3,(H,28,33)(H,29,31). The summed E-state index contributed by atoms with van der Waals surface area (Å²) in [6.07, 6.45) is -0.0102. The van der Waals surface area contributed by atoms with E-state index in [1.807, 2.05) is 79.7 Å². The van der Waals surface area contributed by atoms with Crippen molar-refractivity contribution in [3.05, 3.63) is 35.4 Å². The van der Waals surface area contributed by atoms with Gasteiger partial charge in [-0.2, -0.15) is 0 Å². The predicted molar refractivity (Wildman–Crippen MR) is 136 cm³/mol. The van der Waals surface area contributed by atoms with Crippen LogP contribution in [-0.4, -0.2) is 46.0 Å². The molecule has 0 heterocycles. The van der Waals surface area contributed by atoms with Crippen LogP contribution < -0.4 is 10.6 Å². The minimum Gasteiger partial charge on any atom is -0.444 e. The second kappa shape index (κ2) is 11.7. The molecule has 1 aromatic carbocycles. The van der Waals surface area contributed by atoms with Crippen molar-refractivity contribution >= 4 is 17.9 Å². The number of nitrogens with one attached hydrogen (secondary N) is 2. The molecule has 0 radical (unpaired) electrons. The number of alkyl carbamates (subject to hydrolysis) is 1. The van der Waals surface area contributed by atoms with Crippen LogP contribution >= 0.6 is 0 Å². The van der Waals surface area contributed by atoms with Crippen LogP contribution in [0.2, 0.25) is 0 Å². The summed E-state index contributed by atoms with van der Waals surface area (Å²) in [5.74, 6) is -0.780. The van der Waals surface area contributed by atoms with E-state index in [0.717, 1.165) is 11.1 Å². The van der Waals surface area contributed by atoms with E-state index < -0.39 is 29.3 Å². The van der Waals surface area contributed by atoms with Crippen LogP contribution in [0.4, 0.5) is 4.79 Å². The van der Waals surface area contributed by atoms with Crippen molar-refractivity contribution in [1.82, 2.24) is 15.5 Å². The Morgan fingerprint density at radius 2 is 1.56 bits per heavy atom. The van der Waals surface area contributed by atoms with E-state index in [-0.39, 0.29) is 23.8 Å². The van der Waals surface area contributed by atoms with Crippen LogP contribution in [0.5, 0.6) is 0 Å². The minimum absolute atomic E-state index is 0.213. The van der Waals surface area contributed by atoms with Gasteiger partial charge < -0.3 is 20.3 Å². The van der Waals surface area contributed by atoms with Gasteiger partial charge in [0.2, 0.25) is 11.8 Å². The fourth-order valence-corrected chi connectivity index (χ4v) is 3.65. The van der Waals surface area contributed by atoms with Gasteiger partial charge in [-0.25, -0.2) is 4.79 Å². The third kappa shape index (κ3) is 8.65. The lowest BCUT2D eigenvalue weighted by atomic mass is 9.93. The normalized spacial score (nSPS) is 14.7. The molecule has 0 aromatic heterocycles. The maximum absolute atomic E-state index is 14.1. The summed E-state index contributed by atoms with van der Waals surface area (Å²) < 4.78 is 5.41. The third-order valence-corrected chi connectivity index (χ3v) is 5.43. The minimum atomic E-state index is -0.849. The number of carbonyl (C=O) groups excluding carboxylic acids is 3. The van der Waals surface area contributed by atoms with Gasteiger partial charge >= 0.3 is 6.09 Å². The highest BCUT2D eigenvalue weighted by Crippen LogP contribution is 2.29. The average molecular weight is 476 g/mol. The summed E-state index contributed by atoms with van der Waals surface area (Å²) in [5, 5.41) is 5.81. The highest BCUT2D eigenvalue weighted by Gasteiger charge is 2.40. The Morgan fingerprint density at radius 1 is 1.00 bits per heavy atom. The Bertz CT molecular complexity index is 852. The van der Waals surface area contributed by atoms with Gasteiger partial charge in [0.15, 0.2) is 0 Å². The predicted octanol–water partition coefficient (Wildman–Crippen LogP) is 5.13. The summed E-state index contributed by atoms with van der Waals surface area (Å²) in [7, 11) is 0. The first-order chi connectivity index (χ1) is 15.5. The number of nitrogens with zero attached hydrogens (tertiary/aromatic N) is 1. The second-order valence-corrected chi connectivity index (χ2v) is 11.4. The van der Waals surface area contributed by atoms with Gasteiger partial charge in [0.1, 0.15) is 17.7 Å². The van der Waals surface area contributed by atoms with E-state index >= 15 is 0 Å². The second-order valence-electron chi connectivity index (χ2n) is 11.4. The largest absolute Gasteiger partial charge is 0.444 e. The molecule has 3 atom stereocenters. The van der Waals surface area contributed by atoms with Gasteiger partial charge in [-0.1, -0.05) is 45.0 Å². The molecule has 0 aliphatic rings. The monoisotopic (exact) mass is 475 g/mol. The topological polar surface area (TPSA) is 87.7 Å². The van der Waals surface area contributed by atoms with Gasteiger partial charge in [-0.05, 0) is 78.9 Å². The molecule has 0 saturated carbocycles. The molecule has 2 N–H and O–H groups in total. The number of amides is 3. The molecular weight excluding hydrogens is 430 g/mol. The summed E-state index contributed by atoms with van der Waals surface area (Å²) >= 11 is 0. The smallest absolute Gasteiger partial charge is 0.408 e. The lowest BCUT2D eigenvalue weighted by molar-refractivity contribution is -0.146. The lowest BCUT2D eigenvalue weighted by Crippen LogP contribution is -2.58. The van der Waals surface area contributed by atoms with Crippen molar-refractivity contribution in [1.29, 1.82) is 0 Å². The zero-order valence-electron chi connectivity index (χ0n) is 22.9. The summed E-state index contributed by atoms with van der Waals surface area (Å²) in [5.41, 5.74) is 0.506. The quantitative estimate of drug-likeness (QED) is 0.546. The van der Waals surface area contributed by atoms with Crippen molar-refractivity contribution in [2.75, 3.05) is 0 Å². The van der Waals surface area contributed by atoms with E-state index in [2.05, 4.69) is 10.6 Å². The van der Waals surface area contributed by atoms with Crippen LogP contribution in [-0.2, 0) is 14.3 Å². The molecule has 1 aromatic rings. The van der Waals surface area contributed by atoms with Gasteiger partial charge in [-0.3, -0.25) is 9.59 Å². The molecule has 0 saturated heterocycles. The SMILES string of the molecule is CCC(C)N(C(=O)C(NC(=O)OC(C)(C)C)C(C)C)C(C(=O)NC(C)(C)C)c1ccccc1C. The maximum Gasteiger partial charge on any atom is 0.408 e. The van der Waals surface area contributed by atoms with E-state index in [1.165, 1.54) is 0 Å². The molecule has 0 aliphatic heterocycles. The van der Waals surface area contributed by atoms with Crippen LogP contribution in [0.25, 0.3) is 0 Å². The number of aryl methyl sites for hydroxylation is 1. The molecule has 3 unspecified atom stereocenters. The molecule has 7 heteroatoms. The van der Waals surface area contributed by atoms with Gasteiger partial charge in [-0.15, -0.1) is 0 Å². The number of ether oxygens (including phenoxy) is 1. The van der Waals surface area contributed by atoms with Crippen LogP contribution in [0, 0.1) is 12.8 Å². The fraction of sp³-hybridized carbons (Fsp3) is 0.667. The summed E-state index contributed by atoms with van der Waals surface area (Å²) in [6, 6.07) is 5.67. The number of benzene rings is 1. The molecule has 3 amide bonds. The van der Waals surface area contributed by atoms with Crippen molar-refractivity contribution in [2.45, 2.75) is 112 Å². The molecule has 34 heavy (non-hydrogen) atoms. The van der Waals surface area contributed by atoms with Gasteiger partial charge in [0.05, 0.1) is 0 Å². The first-order valence-corrected chi connectivity index (χ1v) is 12.2. The Balaban J connectivity index is 3.56. The molecule has 0 fully saturated rings. The highest BCUT2D eigenvalue weighted by atomic mass is 16.6. The van der Waals surface area contributed by atoms with E-state index in [0.29, 0.717) is 6.42 Å². The Hall–Kier alpha value is -2.57. The van der Waals surface area contributed by atoms with Crippen molar-refractivity contribution in [3.63, 3.8) is 0 Å². The Morgan fingerprint density at radius 3 is 2.00 bits per heavy atom. The molecule has 0 bridgehead atoms. The van der Waals surface area contributed by atoms with Gasteiger partial charge in [0.25, 0.3) is 0 Å². The zero-order valence-corrected chi connectivity index (χ0v) is 22.9. The fourth-order valence-electron chi connectivity index (χ4n) is 3.65. The van der Waals surface area contributed by atoms with Crippen molar-refractivity contribution in [2.24, 2.45) is 5.92 Å². The van der Waals surface area contributed by atoms with E-state index in [4.69, 9.17) is 4.74 Å². The van der Waals surface area contributed by atoms with Gasteiger partial charge in [0, 0.05) is 11.6 Å². The van der Waals surface area contributed by atoms with E-state index in [1.54, 1.807) is 25.7 Å². The van der Waals surface area contributed by atoms with Crippen molar-refractivity contribution < 1.29 is 19.1 Å². The third-order valence-electron chi connectivity index (χ3n) is 5.43. The first-order valence-electron chi connectivity index (χ1n) is 12.2. The number of hydrogen-bond acceptors (Lipinski definition) is 4. The molecule has 0 aliphatic carbocycles. The average Bonchev–Trinajstić information content (AvgIpc) is 2.67. The highest BCUT2D eigenvalue weighted by molar-refractivity contribution is 5.93. The summed E-state index contributed by atoms with van der Waals surface area (Å²) in [6.45, 7) is 20.6. The lowest BCUT2D eigenvalue weighted by Gasteiger charge is -2.40. The van der Waals surface area contributed by atoms with Crippen LogP contribution in [0.1, 0.15) is 92.8 Å². The number of carbonyl (C=O) groups is 3. The molecule has 1 rings (SSSR count). The molecule has 0 spiro atoms. The first kappa shape index (κ1) is 29.5. The van der Waals surface area contributed by atoms with Crippen LogP contribution in [0.15, 0.2) is 24.3 Å². The zero-order chi connectivity index (χ0) is 26.4. The Labute approximate surface area is 206 Å². The van der Waals surface area contributed by atoms with Crippen LogP contribution in [0.3, 0.4) is 0 Å². The number of rotatable bonds is 8. The number of hydrogen-bond donors (Lipinski definition) is 2. The van der Waals surface area contributed by atoms with Crippen molar-refractivity contribution in [3.8, 4) is 0 Å². The van der Waals surface area contributed by atoms with E-state index in [9.17, 15) is 14.4 Å². The maximum atomic E-state index is 14.1. The molecule has 7 nitrogen and oxygen atoms in total. The Kier molecular flexibility index (Phi) is 10.2.